The molecule has 19 heavy (non-hydrogen) atoms. The zero-order valence-electron chi connectivity index (χ0n) is 10.4. The summed E-state index contributed by atoms with van der Waals surface area (Å²) in [5, 5.41) is 5.21. The molecule has 0 unspecified atom stereocenters. The number of carbonyl (C=O) groups excluding carboxylic acids is 1. The predicted molar refractivity (Wildman–Crippen MR) is 77.1 cm³/mol. The maximum absolute atomic E-state index is 11.8. The first-order valence-corrected chi connectivity index (χ1v) is 7.01. The molecule has 0 aliphatic carbocycles. The van der Waals surface area contributed by atoms with Crippen LogP contribution >= 0.6 is 22.9 Å². The van der Waals surface area contributed by atoms with Gasteiger partial charge in [0.05, 0.1) is 23.3 Å². The third-order valence-corrected chi connectivity index (χ3v) is 3.46. The van der Waals surface area contributed by atoms with Crippen LogP contribution in [-0.2, 0) is 11.2 Å². The van der Waals surface area contributed by atoms with Crippen molar-refractivity contribution in [1.82, 2.24) is 4.98 Å². The van der Waals surface area contributed by atoms with Gasteiger partial charge in [0, 0.05) is 17.5 Å². The van der Waals surface area contributed by atoms with Crippen LogP contribution in [0.25, 0.3) is 0 Å². The first-order chi connectivity index (χ1) is 9.19. The predicted octanol–water partition coefficient (Wildman–Crippen LogP) is 3.38. The molecule has 2 aromatic rings. The Hall–Kier alpha value is -1.59. The molecule has 100 valence electrons. The summed E-state index contributed by atoms with van der Waals surface area (Å²) in [4.78, 5) is 15.9. The Balaban J connectivity index is 1.90. The molecule has 0 saturated heterocycles. The van der Waals surface area contributed by atoms with Crippen LogP contribution in [0, 0.1) is 0 Å². The van der Waals surface area contributed by atoms with Crippen molar-refractivity contribution in [2.24, 2.45) is 0 Å². The lowest BCUT2D eigenvalue weighted by Gasteiger charge is -2.07. The number of rotatable bonds is 5. The van der Waals surface area contributed by atoms with Crippen LogP contribution in [0.1, 0.15) is 12.1 Å². The molecule has 1 aromatic carbocycles. The Morgan fingerprint density at radius 3 is 3.00 bits per heavy atom. The smallest absolute Gasteiger partial charge is 0.224 e. The number of ether oxygens (including phenoxy) is 1. The van der Waals surface area contributed by atoms with E-state index >= 15 is 0 Å². The number of aryl methyl sites for hydroxylation is 1. The van der Waals surface area contributed by atoms with Crippen molar-refractivity contribution >= 4 is 34.5 Å². The Kier molecular flexibility index (Phi) is 4.76. The van der Waals surface area contributed by atoms with Crippen molar-refractivity contribution in [2.45, 2.75) is 12.8 Å². The molecule has 0 aliphatic heterocycles. The molecule has 1 aromatic heterocycles. The summed E-state index contributed by atoms with van der Waals surface area (Å²) in [7, 11) is 1.55. The average Bonchev–Trinajstić information content (AvgIpc) is 2.90. The number of methoxy groups -OCH3 is 1. The zero-order valence-corrected chi connectivity index (χ0v) is 11.9. The number of hydrogen-bond donors (Lipinski definition) is 1. The maximum Gasteiger partial charge on any atom is 0.224 e. The highest BCUT2D eigenvalue weighted by Gasteiger charge is 2.06. The second-order valence-corrected chi connectivity index (χ2v) is 5.00. The Morgan fingerprint density at radius 2 is 2.37 bits per heavy atom. The Morgan fingerprint density at radius 1 is 1.53 bits per heavy atom. The first kappa shape index (κ1) is 13.8. The lowest BCUT2D eigenvalue weighted by atomic mass is 10.2. The highest BCUT2D eigenvalue weighted by Crippen LogP contribution is 2.27. The van der Waals surface area contributed by atoms with Crippen molar-refractivity contribution in [2.75, 3.05) is 12.4 Å². The second-order valence-electron chi connectivity index (χ2n) is 3.88. The molecule has 6 heteroatoms. The lowest BCUT2D eigenvalue weighted by Crippen LogP contribution is -2.12. The van der Waals surface area contributed by atoms with Crippen LogP contribution in [0.15, 0.2) is 29.1 Å². The number of aromatic nitrogens is 1. The molecule has 4 nitrogen and oxygen atoms in total. The highest BCUT2D eigenvalue weighted by atomic mass is 35.5. The van der Waals surface area contributed by atoms with Gasteiger partial charge in [-0.1, -0.05) is 11.6 Å². The van der Waals surface area contributed by atoms with Crippen LogP contribution in [0.2, 0.25) is 5.02 Å². The zero-order chi connectivity index (χ0) is 13.7. The number of amides is 1. The van der Waals surface area contributed by atoms with Crippen molar-refractivity contribution in [3.8, 4) is 5.75 Å². The van der Waals surface area contributed by atoms with E-state index in [9.17, 15) is 4.79 Å². The molecule has 0 fully saturated rings. The van der Waals surface area contributed by atoms with Gasteiger partial charge in [-0.3, -0.25) is 4.79 Å². The van der Waals surface area contributed by atoms with E-state index in [0.717, 1.165) is 5.69 Å². The average molecular weight is 297 g/mol. The monoisotopic (exact) mass is 296 g/mol. The number of anilines is 1. The summed E-state index contributed by atoms with van der Waals surface area (Å²) in [6.45, 7) is 0. The minimum absolute atomic E-state index is 0.0609. The number of benzene rings is 1. The van der Waals surface area contributed by atoms with Crippen molar-refractivity contribution in [3.05, 3.63) is 39.8 Å². The largest absolute Gasteiger partial charge is 0.495 e. The summed E-state index contributed by atoms with van der Waals surface area (Å²) in [5.41, 5.74) is 3.36. The van der Waals surface area contributed by atoms with Crippen LogP contribution in [0.4, 0.5) is 5.69 Å². The molecule has 1 amide bonds. The minimum atomic E-state index is -0.0609. The summed E-state index contributed by atoms with van der Waals surface area (Å²) in [6, 6.07) is 5.14. The summed E-state index contributed by atoms with van der Waals surface area (Å²) in [6.07, 6.45) is 1.03. The van der Waals surface area contributed by atoms with Crippen molar-refractivity contribution in [1.29, 1.82) is 0 Å². The van der Waals surface area contributed by atoms with E-state index in [4.69, 9.17) is 16.3 Å². The van der Waals surface area contributed by atoms with E-state index in [1.54, 1.807) is 30.8 Å². The number of hydrogen-bond acceptors (Lipinski definition) is 4. The van der Waals surface area contributed by atoms with Gasteiger partial charge in [-0.25, -0.2) is 4.98 Å². The second kappa shape index (κ2) is 6.54. The maximum atomic E-state index is 11.8. The lowest BCUT2D eigenvalue weighted by molar-refractivity contribution is -0.116. The van der Waals surface area contributed by atoms with Gasteiger partial charge in [0.25, 0.3) is 0 Å². The standard InChI is InChI=1S/C13H13ClN2O2S/c1-18-12-4-2-9(6-11(12)14)16-13(17)5-3-10-7-19-8-15-10/h2,4,6-8H,3,5H2,1H3,(H,16,17). The molecule has 0 saturated carbocycles. The molecule has 0 atom stereocenters. The fourth-order valence-electron chi connectivity index (χ4n) is 1.57. The fourth-order valence-corrected chi connectivity index (χ4v) is 2.42. The summed E-state index contributed by atoms with van der Waals surface area (Å²) in [5.74, 6) is 0.524. The molecule has 2 rings (SSSR count). The molecule has 0 radical (unpaired) electrons. The van der Waals surface area contributed by atoms with Crippen molar-refractivity contribution < 1.29 is 9.53 Å². The van der Waals surface area contributed by atoms with E-state index in [1.165, 1.54) is 11.3 Å². The Labute approximate surface area is 120 Å². The van der Waals surface area contributed by atoms with Crippen LogP contribution in [0.5, 0.6) is 5.75 Å². The molecular weight excluding hydrogens is 284 g/mol. The van der Waals surface area contributed by atoms with Gasteiger partial charge >= 0.3 is 0 Å². The number of carbonyl (C=O) groups is 1. The van der Waals surface area contributed by atoms with E-state index in [0.29, 0.717) is 29.3 Å². The Bertz CT molecular complexity index is 558. The third-order valence-electron chi connectivity index (χ3n) is 2.53. The quantitative estimate of drug-likeness (QED) is 0.920. The van der Waals surface area contributed by atoms with E-state index in [2.05, 4.69) is 10.3 Å². The number of thiazole rings is 1. The van der Waals surface area contributed by atoms with Crippen LogP contribution in [-0.4, -0.2) is 18.0 Å². The topological polar surface area (TPSA) is 51.2 Å². The van der Waals surface area contributed by atoms with E-state index in [-0.39, 0.29) is 5.91 Å². The van der Waals surface area contributed by atoms with Gasteiger partial charge in [0.1, 0.15) is 5.75 Å². The molecule has 0 spiro atoms. The van der Waals surface area contributed by atoms with Gasteiger partial charge < -0.3 is 10.1 Å². The van der Waals surface area contributed by atoms with Crippen LogP contribution in [0.3, 0.4) is 0 Å². The number of halogens is 1. The molecule has 0 bridgehead atoms. The van der Waals surface area contributed by atoms with Gasteiger partial charge in [-0.2, -0.15) is 0 Å². The molecule has 1 heterocycles. The first-order valence-electron chi connectivity index (χ1n) is 5.69. The molecular formula is C13H13ClN2O2S. The molecule has 1 N–H and O–H groups in total. The normalized spacial score (nSPS) is 10.2. The number of nitrogens with one attached hydrogen (secondary N) is 1. The van der Waals surface area contributed by atoms with Gasteiger partial charge in [-0.05, 0) is 24.6 Å². The van der Waals surface area contributed by atoms with Crippen molar-refractivity contribution in [3.63, 3.8) is 0 Å². The van der Waals surface area contributed by atoms with E-state index in [1.807, 2.05) is 5.38 Å². The fraction of sp³-hybridized carbons (Fsp3) is 0.231. The van der Waals surface area contributed by atoms with Gasteiger partial charge in [0.2, 0.25) is 5.91 Å². The SMILES string of the molecule is COc1ccc(NC(=O)CCc2cscn2)cc1Cl. The van der Waals surface area contributed by atoms with E-state index < -0.39 is 0 Å². The summed E-state index contributed by atoms with van der Waals surface area (Å²) < 4.78 is 5.05. The minimum Gasteiger partial charge on any atom is -0.495 e. The van der Waals surface area contributed by atoms with Gasteiger partial charge in [0.15, 0.2) is 0 Å². The van der Waals surface area contributed by atoms with Gasteiger partial charge in [-0.15, -0.1) is 11.3 Å². The van der Waals surface area contributed by atoms with Crippen LogP contribution < -0.4 is 10.1 Å². The highest BCUT2D eigenvalue weighted by molar-refractivity contribution is 7.07. The molecule has 0 aliphatic rings. The number of nitrogens with zero attached hydrogens (tertiary/aromatic N) is 1. The summed E-state index contributed by atoms with van der Waals surface area (Å²) >= 11 is 7.51. The third kappa shape index (κ3) is 3.94.